The number of hydrogen-bond acceptors (Lipinski definition) is 1. The van der Waals surface area contributed by atoms with Crippen LogP contribution in [0, 0.1) is 17.3 Å². The molecule has 0 aliphatic heterocycles. The van der Waals surface area contributed by atoms with Gasteiger partial charge in [-0.15, -0.1) is 0 Å². The minimum Gasteiger partial charge on any atom is -0.299 e. The van der Waals surface area contributed by atoms with Crippen molar-refractivity contribution in [2.24, 2.45) is 17.3 Å². The quantitative estimate of drug-likeness (QED) is 0.583. The van der Waals surface area contributed by atoms with Gasteiger partial charge >= 0.3 is 0 Å². The topological polar surface area (TPSA) is 17.1 Å². The average Bonchev–Trinajstić information content (AvgIpc) is 2.01. The molecule has 0 radical (unpaired) electrons. The van der Waals surface area contributed by atoms with Crippen LogP contribution in [-0.2, 0) is 4.79 Å². The summed E-state index contributed by atoms with van der Waals surface area (Å²) in [4.78, 5) is 12.1. The molecule has 0 aromatic rings. The standard InChI is InChI=1S/C13H22O/c1-9-6-7-11(10(2)8-9)12(14)13(3,4)5/h8,10-11H,6-7H2,1-5H3. The third-order valence-electron chi connectivity index (χ3n) is 3.11. The normalized spacial score (nSPS) is 28.5. The summed E-state index contributed by atoms with van der Waals surface area (Å²) in [6.45, 7) is 10.4. The van der Waals surface area contributed by atoms with Crippen LogP contribution < -0.4 is 0 Å². The number of rotatable bonds is 1. The molecule has 0 saturated carbocycles. The Hall–Kier alpha value is -0.590. The van der Waals surface area contributed by atoms with Crippen molar-refractivity contribution >= 4 is 5.78 Å². The second kappa shape index (κ2) is 3.88. The summed E-state index contributed by atoms with van der Waals surface area (Å²) < 4.78 is 0. The lowest BCUT2D eigenvalue weighted by molar-refractivity contribution is -0.131. The van der Waals surface area contributed by atoms with Crippen molar-refractivity contribution < 1.29 is 4.79 Å². The zero-order valence-corrected chi connectivity index (χ0v) is 10.1. The number of carbonyl (C=O) groups excluding carboxylic acids is 1. The predicted octanol–water partition coefficient (Wildman–Crippen LogP) is 3.59. The maximum absolute atomic E-state index is 12.1. The summed E-state index contributed by atoms with van der Waals surface area (Å²) in [5, 5.41) is 0. The molecule has 80 valence electrons. The summed E-state index contributed by atoms with van der Waals surface area (Å²) in [5.74, 6) is 1.10. The van der Waals surface area contributed by atoms with E-state index < -0.39 is 0 Å². The molecule has 0 heterocycles. The van der Waals surface area contributed by atoms with Crippen molar-refractivity contribution in [3.8, 4) is 0 Å². The van der Waals surface area contributed by atoms with Gasteiger partial charge in [-0.1, -0.05) is 39.3 Å². The second-order valence-electron chi connectivity index (χ2n) is 5.63. The van der Waals surface area contributed by atoms with Gasteiger partial charge in [-0.05, 0) is 25.7 Å². The van der Waals surface area contributed by atoms with Crippen LogP contribution in [0.4, 0.5) is 0 Å². The molecule has 0 N–H and O–H groups in total. The minimum absolute atomic E-state index is 0.183. The van der Waals surface area contributed by atoms with Gasteiger partial charge in [0.2, 0.25) is 0 Å². The molecule has 2 atom stereocenters. The van der Waals surface area contributed by atoms with Gasteiger partial charge in [0, 0.05) is 11.3 Å². The molecule has 0 fully saturated rings. The summed E-state index contributed by atoms with van der Waals surface area (Å²) in [5.41, 5.74) is 1.26. The highest BCUT2D eigenvalue weighted by atomic mass is 16.1. The van der Waals surface area contributed by atoms with Crippen molar-refractivity contribution in [3.63, 3.8) is 0 Å². The van der Waals surface area contributed by atoms with Crippen LogP contribution in [-0.4, -0.2) is 5.78 Å². The molecule has 1 heteroatoms. The van der Waals surface area contributed by atoms with E-state index in [4.69, 9.17) is 0 Å². The molecule has 1 aliphatic carbocycles. The lowest BCUT2D eigenvalue weighted by Crippen LogP contribution is -2.33. The van der Waals surface area contributed by atoms with Crippen molar-refractivity contribution in [3.05, 3.63) is 11.6 Å². The third kappa shape index (κ3) is 2.46. The lowest BCUT2D eigenvalue weighted by Gasteiger charge is -2.31. The van der Waals surface area contributed by atoms with Crippen LogP contribution in [0.1, 0.15) is 47.5 Å². The van der Waals surface area contributed by atoms with Gasteiger partial charge in [0.15, 0.2) is 0 Å². The highest BCUT2D eigenvalue weighted by molar-refractivity contribution is 5.86. The Morgan fingerprint density at radius 1 is 1.43 bits per heavy atom. The molecule has 0 amide bonds. The molecule has 0 spiro atoms. The highest BCUT2D eigenvalue weighted by Gasteiger charge is 2.33. The van der Waals surface area contributed by atoms with Gasteiger partial charge in [0.05, 0.1) is 0 Å². The molecule has 0 bridgehead atoms. The molecule has 1 rings (SSSR count). The van der Waals surface area contributed by atoms with Gasteiger partial charge in [-0.25, -0.2) is 0 Å². The fraction of sp³-hybridized carbons (Fsp3) is 0.769. The van der Waals surface area contributed by atoms with Crippen LogP contribution in [0.5, 0.6) is 0 Å². The Balaban J connectivity index is 2.77. The molecule has 0 aromatic heterocycles. The largest absolute Gasteiger partial charge is 0.299 e. The first-order valence-corrected chi connectivity index (χ1v) is 5.54. The zero-order valence-electron chi connectivity index (χ0n) is 10.1. The number of allylic oxidation sites excluding steroid dienone is 2. The molecule has 1 nitrogen and oxygen atoms in total. The predicted molar refractivity (Wildman–Crippen MR) is 60.1 cm³/mol. The zero-order chi connectivity index (χ0) is 10.9. The van der Waals surface area contributed by atoms with Crippen LogP contribution >= 0.6 is 0 Å². The van der Waals surface area contributed by atoms with Gasteiger partial charge in [0.25, 0.3) is 0 Å². The van der Waals surface area contributed by atoms with E-state index in [-0.39, 0.29) is 11.3 Å². The molecule has 0 saturated heterocycles. The molecule has 0 aromatic carbocycles. The van der Waals surface area contributed by atoms with E-state index in [1.165, 1.54) is 5.57 Å². The number of hydrogen-bond donors (Lipinski definition) is 0. The fourth-order valence-electron chi connectivity index (χ4n) is 2.22. The molecule has 14 heavy (non-hydrogen) atoms. The van der Waals surface area contributed by atoms with Gasteiger partial charge < -0.3 is 0 Å². The lowest BCUT2D eigenvalue weighted by atomic mass is 9.72. The van der Waals surface area contributed by atoms with E-state index >= 15 is 0 Å². The first-order chi connectivity index (χ1) is 6.32. The van der Waals surface area contributed by atoms with E-state index in [1.807, 2.05) is 20.8 Å². The van der Waals surface area contributed by atoms with Crippen LogP contribution in [0.2, 0.25) is 0 Å². The highest BCUT2D eigenvalue weighted by Crippen LogP contribution is 2.34. The van der Waals surface area contributed by atoms with E-state index in [1.54, 1.807) is 0 Å². The Labute approximate surface area is 87.6 Å². The van der Waals surface area contributed by atoms with Crippen molar-refractivity contribution in [2.45, 2.75) is 47.5 Å². The maximum atomic E-state index is 12.1. The first kappa shape index (κ1) is 11.5. The van der Waals surface area contributed by atoms with Crippen LogP contribution in [0.3, 0.4) is 0 Å². The Morgan fingerprint density at radius 3 is 2.43 bits per heavy atom. The molecular weight excluding hydrogens is 172 g/mol. The molecular formula is C13H22O. The van der Waals surface area contributed by atoms with Gasteiger partial charge in [0.1, 0.15) is 5.78 Å². The molecule has 2 unspecified atom stereocenters. The smallest absolute Gasteiger partial charge is 0.141 e. The van der Waals surface area contributed by atoms with Crippen LogP contribution in [0.15, 0.2) is 11.6 Å². The minimum atomic E-state index is -0.183. The second-order valence-corrected chi connectivity index (χ2v) is 5.63. The van der Waals surface area contributed by atoms with Crippen molar-refractivity contribution in [1.82, 2.24) is 0 Å². The SMILES string of the molecule is CC1=CC(C)C(C(=O)C(C)(C)C)CC1. The maximum Gasteiger partial charge on any atom is 0.141 e. The summed E-state index contributed by atoms with van der Waals surface area (Å²) in [6, 6.07) is 0. The number of ketones is 1. The third-order valence-corrected chi connectivity index (χ3v) is 3.11. The van der Waals surface area contributed by atoms with Gasteiger partial charge in [-0.3, -0.25) is 4.79 Å². The summed E-state index contributed by atoms with van der Waals surface area (Å²) >= 11 is 0. The Bertz CT molecular complexity index is 255. The fourth-order valence-corrected chi connectivity index (χ4v) is 2.22. The first-order valence-electron chi connectivity index (χ1n) is 5.54. The number of Topliss-reactive ketones (excluding diaryl/α,β-unsaturated/α-hetero) is 1. The summed E-state index contributed by atoms with van der Waals surface area (Å²) in [6.07, 6.45) is 4.40. The average molecular weight is 194 g/mol. The Kier molecular flexibility index (Phi) is 3.18. The van der Waals surface area contributed by atoms with E-state index in [0.29, 0.717) is 11.7 Å². The van der Waals surface area contributed by atoms with Gasteiger partial charge in [-0.2, -0.15) is 0 Å². The van der Waals surface area contributed by atoms with E-state index in [2.05, 4.69) is 19.9 Å². The van der Waals surface area contributed by atoms with E-state index in [0.717, 1.165) is 12.8 Å². The van der Waals surface area contributed by atoms with Crippen LogP contribution in [0.25, 0.3) is 0 Å². The number of carbonyl (C=O) groups is 1. The molecule has 1 aliphatic rings. The van der Waals surface area contributed by atoms with E-state index in [9.17, 15) is 4.79 Å². The van der Waals surface area contributed by atoms with Crippen molar-refractivity contribution in [1.29, 1.82) is 0 Å². The van der Waals surface area contributed by atoms with Crippen molar-refractivity contribution in [2.75, 3.05) is 0 Å². The monoisotopic (exact) mass is 194 g/mol. The summed E-state index contributed by atoms with van der Waals surface area (Å²) in [7, 11) is 0. The Morgan fingerprint density at radius 2 is 2.00 bits per heavy atom.